The topological polar surface area (TPSA) is 38.0 Å². The second kappa shape index (κ2) is 6.57. The summed E-state index contributed by atoms with van der Waals surface area (Å²) >= 11 is 11.7. The van der Waals surface area contributed by atoms with Crippen LogP contribution in [0.5, 0.6) is 0 Å². The Hall–Kier alpha value is -0.810. The molecule has 0 unspecified atom stereocenters. The van der Waals surface area contributed by atoms with Crippen molar-refractivity contribution in [2.24, 2.45) is 0 Å². The van der Waals surface area contributed by atoms with E-state index in [-0.39, 0.29) is 5.91 Å². The summed E-state index contributed by atoms with van der Waals surface area (Å²) in [5.41, 5.74) is 0.693. The van der Waals surface area contributed by atoms with Gasteiger partial charge in [-0.3, -0.25) is 4.79 Å². The molecule has 6 heteroatoms. The SMILES string of the molecule is C[NH+]1CC[NH+](CC(=O)Nc2ccc(Cl)c(Cl)c2)CC1. The molecule has 1 amide bonds. The third-order valence-corrected chi connectivity index (χ3v) is 4.16. The molecule has 3 N–H and O–H groups in total. The summed E-state index contributed by atoms with van der Waals surface area (Å²) in [5, 5.41) is 3.81. The molecule has 2 rings (SSSR count). The van der Waals surface area contributed by atoms with E-state index >= 15 is 0 Å². The lowest BCUT2D eigenvalue weighted by Crippen LogP contribution is -3.27. The first kappa shape index (κ1) is 14.6. The van der Waals surface area contributed by atoms with E-state index in [2.05, 4.69) is 12.4 Å². The fraction of sp³-hybridized carbons (Fsp3) is 0.462. The van der Waals surface area contributed by atoms with Crippen LogP contribution in [-0.2, 0) is 4.79 Å². The van der Waals surface area contributed by atoms with Crippen LogP contribution in [-0.4, -0.2) is 45.7 Å². The number of benzene rings is 1. The molecule has 104 valence electrons. The van der Waals surface area contributed by atoms with Crippen molar-refractivity contribution in [3.8, 4) is 0 Å². The Morgan fingerprint density at radius 1 is 1.21 bits per heavy atom. The minimum absolute atomic E-state index is 0.0212. The van der Waals surface area contributed by atoms with E-state index < -0.39 is 0 Å². The lowest BCUT2D eigenvalue weighted by molar-refractivity contribution is -0.999. The quantitative estimate of drug-likeness (QED) is 0.682. The van der Waals surface area contributed by atoms with Gasteiger partial charge in [0.2, 0.25) is 0 Å². The number of anilines is 1. The predicted molar refractivity (Wildman–Crippen MR) is 77.3 cm³/mol. The van der Waals surface area contributed by atoms with Crippen LogP contribution >= 0.6 is 23.2 Å². The fourth-order valence-electron chi connectivity index (χ4n) is 2.21. The largest absolute Gasteiger partial charge is 0.328 e. The van der Waals surface area contributed by atoms with E-state index in [1.54, 1.807) is 18.2 Å². The summed E-state index contributed by atoms with van der Waals surface area (Å²) in [6.07, 6.45) is 0. The first-order chi connectivity index (χ1) is 9.04. The molecule has 0 saturated carbocycles. The summed E-state index contributed by atoms with van der Waals surface area (Å²) in [5.74, 6) is 0.0212. The zero-order valence-electron chi connectivity index (χ0n) is 10.9. The molecule has 1 saturated heterocycles. The van der Waals surface area contributed by atoms with Gasteiger partial charge in [0.25, 0.3) is 5.91 Å². The molecule has 0 spiro atoms. The second-order valence-corrected chi connectivity index (χ2v) is 5.88. The molecule has 19 heavy (non-hydrogen) atoms. The van der Waals surface area contributed by atoms with Crippen LogP contribution < -0.4 is 15.1 Å². The summed E-state index contributed by atoms with van der Waals surface area (Å²) in [6.45, 7) is 4.83. The van der Waals surface area contributed by atoms with Crippen molar-refractivity contribution in [2.75, 3.05) is 45.1 Å². The van der Waals surface area contributed by atoms with Gasteiger partial charge in [0.15, 0.2) is 6.54 Å². The lowest BCUT2D eigenvalue weighted by atomic mass is 10.3. The number of hydrogen-bond donors (Lipinski definition) is 3. The Bertz CT molecular complexity index is 459. The highest BCUT2D eigenvalue weighted by atomic mass is 35.5. The molecule has 0 bridgehead atoms. The molecule has 1 heterocycles. The van der Waals surface area contributed by atoms with Gasteiger partial charge in [0.05, 0.1) is 17.1 Å². The van der Waals surface area contributed by atoms with Crippen LogP contribution in [0.2, 0.25) is 10.0 Å². The summed E-state index contributed by atoms with van der Waals surface area (Å²) < 4.78 is 0. The number of hydrogen-bond acceptors (Lipinski definition) is 1. The van der Waals surface area contributed by atoms with Crippen molar-refractivity contribution >= 4 is 34.8 Å². The molecular weight excluding hydrogens is 285 g/mol. The smallest absolute Gasteiger partial charge is 0.279 e. The number of rotatable bonds is 3. The summed E-state index contributed by atoms with van der Waals surface area (Å²) in [6, 6.07) is 5.12. The van der Waals surface area contributed by atoms with E-state index in [0.29, 0.717) is 22.3 Å². The van der Waals surface area contributed by atoms with Gasteiger partial charge in [-0.05, 0) is 18.2 Å². The minimum atomic E-state index is 0.0212. The molecule has 0 aromatic heterocycles. The Morgan fingerprint density at radius 2 is 1.89 bits per heavy atom. The number of likely N-dealkylation sites (N-methyl/N-ethyl adjacent to an activating group) is 1. The van der Waals surface area contributed by atoms with Gasteiger partial charge >= 0.3 is 0 Å². The van der Waals surface area contributed by atoms with Gasteiger partial charge in [0, 0.05) is 5.69 Å². The van der Waals surface area contributed by atoms with Gasteiger partial charge in [-0.2, -0.15) is 0 Å². The molecule has 0 atom stereocenters. The number of carbonyl (C=O) groups excluding carboxylic acids is 1. The monoisotopic (exact) mass is 303 g/mol. The Labute approximate surface area is 123 Å². The van der Waals surface area contributed by atoms with Crippen molar-refractivity contribution in [1.29, 1.82) is 0 Å². The van der Waals surface area contributed by atoms with Crippen LogP contribution in [0, 0.1) is 0 Å². The maximum Gasteiger partial charge on any atom is 0.279 e. The van der Waals surface area contributed by atoms with Crippen LogP contribution in [0.1, 0.15) is 0 Å². The highest BCUT2D eigenvalue weighted by Crippen LogP contribution is 2.24. The van der Waals surface area contributed by atoms with Crippen LogP contribution in [0.3, 0.4) is 0 Å². The average molecular weight is 304 g/mol. The maximum atomic E-state index is 11.9. The Morgan fingerprint density at radius 3 is 2.53 bits per heavy atom. The number of quaternary nitrogens is 2. The van der Waals surface area contributed by atoms with E-state index in [1.807, 2.05) is 0 Å². The molecule has 4 nitrogen and oxygen atoms in total. The first-order valence-electron chi connectivity index (χ1n) is 6.44. The van der Waals surface area contributed by atoms with E-state index in [9.17, 15) is 4.79 Å². The molecule has 1 aliphatic rings. The summed E-state index contributed by atoms with van der Waals surface area (Å²) in [4.78, 5) is 14.8. The third kappa shape index (κ3) is 4.35. The van der Waals surface area contributed by atoms with Crippen LogP contribution in [0.15, 0.2) is 18.2 Å². The number of nitrogens with one attached hydrogen (secondary N) is 3. The maximum absolute atomic E-state index is 11.9. The molecule has 1 aromatic carbocycles. The van der Waals surface area contributed by atoms with Crippen molar-refractivity contribution in [2.45, 2.75) is 0 Å². The normalized spacial score (nSPS) is 23.1. The third-order valence-electron chi connectivity index (χ3n) is 3.42. The van der Waals surface area contributed by atoms with Gasteiger partial charge in [-0.1, -0.05) is 23.2 Å². The second-order valence-electron chi connectivity index (χ2n) is 5.06. The van der Waals surface area contributed by atoms with Crippen molar-refractivity contribution in [3.05, 3.63) is 28.2 Å². The number of carbonyl (C=O) groups is 1. The molecule has 1 fully saturated rings. The zero-order valence-corrected chi connectivity index (χ0v) is 12.4. The molecule has 1 aromatic rings. The standard InChI is InChI=1S/C13H17Cl2N3O/c1-17-4-6-18(7-5-17)9-13(19)16-10-2-3-11(14)12(15)8-10/h2-3,8H,4-7,9H2,1H3,(H,16,19)/p+2. The van der Waals surface area contributed by atoms with Crippen molar-refractivity contribution in [3.63, 3.8) is 0 Å². The van der Waals surface area contributed by atoms with Gasteiger partial charge in [0.1, 0.15) is 26.2 Å². The van der Waals surface area contributed by atoms with Gasteiger partial charge < -0.3 is 15.1 Å². The van der Waals surface area contributed by atoms with Crippen LogP contribution in [0.25, 0.3) is 0 Å². The first-order valence-corrected chi connectivity index (χ1v) is 7.20. The zero-order chi connectivity index (χ0) is 13.8. The van der Waals surface area contributed by atoms with Crippen LogP contribution in [0.4, 0.5) is 5.69 Å². The lowest BCUT2D eigenvalue weighted by Gasteiger charge is -2.26. The Balaban J connectivity index is 1.85. The minimum Gasteiger partial charge on any atom is -0.328 e. The van der Waals surface area contributed by atoms with Gasteiger partial charge in [-0.15, -0.1) is 0 Å². The van der Waals surface area contributed by atoms with Gasteiger partial charge in [-0.25, -0.2) is 0 Å². The Kier molecular flexibility index (Phi) is 5.05. The molecule has 0 aliphatic carbocycles. The molecule has 0 radical (unpaired) electrons. The number of piperazine rings is 1. The van der Waals surface area contributed by atoms with Crippen molar-refractivity contribution < 1.29 is 14.6 Å². The number of amides is 1. The molecular formula is C13H19Cl2N3O+2. The average Bonchev–Trinajstić information content (AvgIpc) is 2.37. The highest BCUT2D eigenvalue weighted by Gasteiger charge is 2.22. The fourth-order valence-corrected chi connectivity index (χ4v) is 2.51. The summed E-state index contributed by atoms with van der Waals surface area (Å²) in [7, 11) is 2.19. The van der Waals surface area contributed by atoms with E-state index in [1.165, 1.54) is 9.80 Å². The highest BCUT2D eigenvalue weighted by molar-refractivity contribution is 6.42. The number of halogens is 2. The van der Waals surface area contributed by atoms with E-state index in [0.717, 1.165) is 26.2 Å². The predicted octanol–water partition coefficient (Wildman–Crippen LogP) is -0.655. The molecule has 1 aliphatic heterocycles. The van der Waals surface area contributed by atoms with E-state index in [4.69, 9.17) is 23.2 Å². The van der Waals surface area contributed by atoms with Crippen molar-refractivity contribution in [1.82, 2.24) is 0 Å².